The van der Waals surface area contributed by atoms with Crippen molar-refractivity contribution in [3.05, 3.63) is 64.7 Å². The summed E-state index contributed by atoms with van der Waals surface area (Å²) >= 11 is 0. The molecule has 2 aromatic carbocycles. The van der Waals surface area contributed by atoms with E-state index in [1.165, 1.54) is 37.4 Å². The lowest BCUT2D eigenvalue weighted by molar-refractivity contribution is -0.122. The van der Waals surface area contributed by atoms with Gasteiger partial charge in [-0.25, -0.2) is 13.6 Å². The van der Waals surface area contributed by atoms with Gasteiger partial charge in [0, 0.05) is 23.9 Å². The van der Waals surface area contributed by atoms with Gasteiger partial charge in [-0.3, -0.25) is 4.79 Å². The number of halogens is 2. The molecule has 0 bridgehead atoms. The number of aromatic carboxylic acids is 1. The number of carbonyl (C=O) groups is 2. The zero-order valence-corrected chi connectivity index (χ0v) is 14.0. The van der Waals surface area contributed by atoms with Gasteiger partial charge < -0.3 is 15.2 Å². The summed E-state index contributed by atoms with van der Waals surface area (Å²) in [5, 5.41) is 11.9. The van der Waals surface area contributed by atoms with Gasteiger partial charge >= 0.3 is 5.97 Å². The standard InChI is InChI=1S/C19H17F2NO4/c1-26-16-6-5-10(7-13(16)19(24)25)9-22-18(23)12-8-11(12)17-14(20)3-2-4-15(17)21/h2-7,11-12H,8-9H2,1H3,(H,22,23)(H,24,25). The van der Waals surface area contributed by atoms with Crippen LogP contribution in [0, 0.1) is 17.6 Å². The van der Waals surface area contributed by atoms with Gasteiger partial charge in [0.2, 0.25) is 5.91 Å². The number of nitrogens with one attached hydrogen (secondary N) is 1. The number of amides is 1. The first-order valence-electron chi connectivity index (χ1n) is 8.04. The Labute approximate surface area is 148 Å². The number of hydrogen-bond donors (Lipinski definition) is 2. The second kappa shape index (κ2) is 7.11. The maximum Gasteiger partial charge on any atom is 0.339 e. The predicted octanol–water partition coefficient (Wildman–Crippen LogP) is 3.09. The molecule has 1 fully saturated rings. The molecule has 7 heteroatoms. The van der Waals surface area contributed by atoms with Gasteiger partial charge in [-0.2, -0.15) is 0 Å². The average molecular weight is 361 g/mol. The van der Waals surface area contributed by atoms with Gasteiger partial charge in [-0.15, -0.1) is 0 Å². The number of carboxylic acid groups (broad SMARTS) is 1. The van der Waals surface area contributed by atoms with Crippen LogP contribution in [-0.2, 0) is 11.3 Å². The zero-order valence-electron chi connectivity index (χ0n) is 14.0. The number of benzene rings is 2. The highest BCUT2D eigenvalue weighted by Gasteiger charge is 2.46. The first-order chi connectivity index (χ1) is 12.4. The van der Waals surface area contributed by atoms with Gasteiger partial charge in [0.15, 0.2) is 0 Å². The lowest BCUT2D eigenvalue weighted by Gasteiger charge is -2.09. The summed E-state index contributed by atoms with van der Waals surface area (Å²) in [4.78, 5) is 23.4. The van der Waals surface area contributed by atoms with E-state index in [1.54, 1.807) is 6.07 Å². The lowest BCUT2D eigenvalue weighted by Crippen LogP contribution is -2.25. The zero-order chi connectivity index (χ0) is 18.8. The molecule has 2 N–H and O–H groups in total. The van der Waals surface area contributed by atoms with E-state index in [0.29, 0.717) is 12.0 Å². The lowest BCUT2D eigenvalue weighted by atomic mass is 10.1. The second-order valence-corrected chi connectivity index (χ2v) is 6.14. The van der Waals surface area contributed by atoms with E-state index >= 15 is 0 Å². The van der Waals surface area contributed by atoms with Crippen LogP contribution in [0.1, 0.15) is 33.8 Å². The molecule has 136 valence electrons. The number of carbonyl (C=O) groups excluding carboxylic acids is 1. The van der Waals surface area contributed by atoms with E-state index in [-0.39, 0.29) is 29.3 Å². The summed E-state index contributed by atoms with van der Waals surface area (Å²) < 4.78 is 32.5. The van der Waals surface area contributed by atoms with Gasteiger partial charge in [0.05, 0.1) is 7.11 Å². The number of rotatable bonds is 6. The van der Waals surface area contributed by atoms with Crippen molar-refractivity contribution >= 4 is 11.9 Å². The maximum absolute atomic E-state index is 13.8. The van der Waals surface area contributed by atoms with E-state index in [2.05, 4.69) is 5.32 Å². The Balaban J connectivity index is 1.64. The van der Waals surface area contributed by atoms with Crippen molar-refractivity contribution in [2.24, 2.45) is 5.92 Å². The van der Waals surface area contributed by atoms with E-state index in [9.17, 15) is 23.5 Å². The molecule has 2 atom stereocenters. The summed E-state index contributed by atoms with van der Waals surface area (Å²) in [6, 6.07) is 8.22. The molecule has 0 saturated heterocycles. The van der Waals surface area contributed by atoms with Crippen molar-refractivity contribution in [3.8, 4) is 5.75 Å². The topological polar surface area (TPSA) is 75.6 Å². The molecule has 0 spiro atoms. The van der Waals surface area contributed by atoms with Gasteiger partial charge in [-0.1, -0.05) is 12.1 Å². The number of carboxylic acids is 1. The Bertz CT molecular complexity index is 848. The first kappa shape index (κ1) is 17.8. The Kier molecular flexibility index (Phi) is 4.88. The molecular weight excluding hydrogens is 344 g/mol. The first-order valence-corrected chi connectivity index (χ1v) is 8.04. The fourth-order valence-corrected chi connectivity index (χ4v) is 3.02. The monoisotopic (exact) mass is 361 g/mol. The van der Waals surface area contributed by atoms with Crippen LogP contribution >= 0.6 is 0 Å². The third kappa shape index (κ3) is 3.51. The molecule has 3 rings (SSSR count). The summed E-state index contributed by atoms with van der Waals surface area (Å²) in [7, 11) is 1.37. The Morgan fingerprint density at radius 1 is 1.23 bits per heavy atom. The molecule has 0 aromatic heterocycles. The van der Waals surface area contributed by atoms with Crippen molar-refractivity contribution in [2.75, 3.05) is 7.11 Å². The summed E-state index contributed by atoms with van der Waals surface area (Å²) in [6.45, 7) is 0.117. The molecule has 5 nitrogen and oxygen atoms in total. The van der Waals surface area contributed by atoms with Crippen molar-refractivity contribution < 1.29 is 28.2 Å². The fraction of sp³-hybridized carbons (Fsp3) is 0.263. The van der Waals surface area contributed by atoms with Crippen LogP contribution in [0.4, 0.5) is 8.78 Å². The van der Waals surface area contributed by atoms with Crippen LogP contribution < -0.4 is 10.1 Å². The van der Waals surface area contributed by atoms with Gasteiger partial charge in [0.1, 0.15) is 22.9 Å². The summed E-state index contributed by atoms with van der Waals surface area (Å²) in [6.07, 6.45) is 0.382. The van der Waals surface area contributed by atoms with E-state index < -0.39 is 29.4 Å². The highest BCUT2D eigenvalue weighted by Crippen LogP contribution is 2.49. The van der Waals surface area contributed by atoms with Crippen molar-refractivity contribution in [2.45, 2.75) is 18.9 Å². The number of methoxy groups -OCH3 is 1. The van der Waals surface area contributed by atoms with E-state index in [4.69, 9.17) is 4.74 Å². The molecule has 1 aliphatic rings. The van der Waals surface area contributed by atoms with Crippen molar-refractivity contribution in [3.63, 3.8) is 0 Å². The minimum atomic E-state index is -1.13. The summed E-state index contributed by atoms with van der Waals surface area (Å²) in [5.74, 6) is -3.47. The third-order valence-electron chi connectivity index (χ3n) is 4.46. The minimum Gasteiger partial charge on any atom is -0.496 e. The maximum atomic E-state index is 13.8. The molecule has 0 radical (unpaired) electrons. The number of hydrogen-bond acceptors (Lipinski definition) is 3. The Morgan fingerprint density at radius 3 is 2.54 bits per heavy atom. The fourth-order valence-electron chi connectivity index (χ4n) is 3.02. The van der Waals surface area contributed by atoms with Crippen molar-refractivity contribution in [1.29, 1.82) is 0 Å². The normalized spacial score (nSPS) is 18.3. The molecule has 0 heterocycles. The van der Waals surface area contributed by atoms with Crippen LogP contribution in [0.5, 0.6) is 5.75 Å². The highest BCUT2D eigenvalue weighted by molar-refractivity contribution is 5.91. The van der Waals surface area contributed by atoms with E-state index in [1.807, 2.05) is 0 Å². The Morgan fingerprint density at radius 2 is 1.92 bits per heavy atom. The molecule has 2 unspecified atom stereocenters. The second-order valence-electron chi connectivity index (χ2n) is 6.14. The quantitative estimate of drug-likeness (QED) is 0.829. The smallest absolute Gasteiger partial charge is 0.339 e. The molecule has 1 saturated carbocycles. The average Bonchev–Trinajstić information content (AvgIpc) is 3.39. The van der Waals surface area contributed by atoms with Crippen LogP contribution in [0.2, 0.25) is 0 Å². The number of ether oxygens (including phenoxy) is 1. The molecular formula is C19H17F2NO4. The van der Waals surface area contributed by atoms with Crippen LogP contribution in [0.3, 0.4) is 0 Å². The molecule has 2 aromatic rings. The van der Waals surface area contributed by atoms with Crippen LogP contribution in [0.25, 0.3) is 0 Å². The van der Waals surface area contributed by atoms with Gasteiger partial charge in [0.25, 0.3) is 0 Å². The largest absolute Gasteiger partial charge is 0.496 e. The highest BCUT2D eigenvalue weighted by atomic mass is 19.1. The van der Waals surface area contributed by atoms with Crippen molar-refractivity contribution in [1.82, 2.24) is 5.32 Å². The van der Waals surface area contributed by atoms with E-state index in [0.717, 1.165) is 0 Å². The summed E-state index contributed by atoms with van der Waals surface area (Å²) in [5.41, 5.74) is 0.535. The molecule has 0 aliphatic heterocycles. The SMILES string of the molecule is COc1ccc(CNC(=O)C2CC2c2c(F)cccc2F)cc1C(=O)O. The third-order valence-corrected chi connectivity index (χ3v) is 4.46. The Hall–Kier alpha value is -2.96. The minimum absolute atomic E-state index is 0.00280. The molecule has 26 heavy (non-hydrogen) atoms. The predicted molar refractivity (Wildman–Crippen MR) is 89.0 cm³/mol. The van der Waals surface area contributed by atoms with Crippen LogP contribution in [0.15, 0.2) is 36.4 Å². The molecule has 1 amide bonds. The van der Waals surface area contributed by atoms with Gasteiger partial charge in [-0.05, 0) is 36.2 Å². The molecule has 1 aliphatic carbocycles. The van der Waals surface area contributed by atoms with Crippen LogP contribution in [-0.4, -0.2) is 24.1 Å².